The topological polar surface area (TPSA) is 66.9 Å². The van der Waals surface area contributed by atoms with Crippen molar-refractivity contribution in [3.63, 3.8) is 0 Å². The molecule has 0 radical (unpaired) electrons. The van der Waals surface area contributed by atoms with Crippen LogP contribution >= 0.6 is 35.5 Å². The van der Waals surface area contributed by atoms with E-state index in [0.29, 0.717) is 27.3 Å². The predicted molar refractivity (Wildman–Crippen MR) is 110 cm³/mol. The van der Waals surface area contributed by atoms with Gasteiger partial charge in [0, 0.05) is 5.56 Å². The second kappa shape index (κ2) is 6.95. The molecular formula is C18H11ClN4OS2. The standard InChI is InChI=1S/C18H11ClN4OS2/c19-13-8-9-14-16(23-26-22-14)15(13)20-18(25)21-17(24)12-7-3-5-10-4-1-2-6-11(10)12/h1-9H,(H2,20,21,24,25). The maximum atomic E-state index is 12.7. The molecule has 0 saturated carbocycles. The van der Waals surface area contributed by atoms with Gasteiger partial charge in [-0.05, 0) is 41.2 Å². The number of amides is 1. The zero-order chi connectivity index (χ0) is 18.1. The van der Waals surface area contributed by atoms with Crippen LogP contribution in [0.1, 0.15) is 10.4 Å². The van der Waals surface area contributed by atoms with Gasteiger partial charge >= 0.3 is 0 Å². The molecule has 0 aliphatic carbocycles. The quantitative estimate of drug-likeness (QED) is 0.482. The number of benzene rings is 3. The summed E-state index contributed by atoms with van der Waals surface area (Å²) >= 11 is 12.6. The van der Waals surface area contributed by atoms with Crippen LogP contribution in [0.15, 0.2) is 54.6 Å². The highest BCUT2D eigenvalue weighted by atomic mass is 35.5. The van der Waals surface area contributed by atoms with E-state index in [1.165, 1.54) is 0 Å². The lowest BCUT2D eigenvalue weighted by Gasteiger charge is -2.12. The average molecular weight is 399 g/mol. The summed E-state index contributed by atoms with van der Waals surface area (Å²) in [5.41, 5.74) is 2.40. The molecule has 0 atom stereocenters. The van der Waals surface area contributed by atoms with E-state index in [4.69, 9.17) is 23.8 Å². The first-order valence-electron chi connectivity index (χ1n) is 7.64. The van der Waals surface area contributed by atoms with Crippen molar-refractivity contribution in [2.24, 2.45) is 0 Å². The van der Waals surface area contributed by atoms with E-state index in [2.05, 4.69) is 19.4 Å². The first kappa shape index (κ1) is 16.8. The van der Waals surface area contributed by atoms with Crippen molar-refractivity contribution in [3.8, 4) is 0 Å². The van der Waals surface area contributed by atoms with Gasteiger partial charge in [0.25, 0.3) is 5.91 Å². The third kappa shape index (κ3) is 3.12. The first-order valence-corrected chi connectivity index (χ1v) is 9.16. The van der Waals surface area contributed by atoms with Crippen LogP contribution in [0.3, 0.4) is 0 Å². The van der Waals surface area contributed by atoms with Gasteiger partial charge in [0.15, 0.2) is 5.11 Å². The van der Waals surface area contributed by atoms with Crippen LogP contribution in [0.4, 0.5) is 5.69 Å². The summed E-state index contributed by atoms with van der Waals surface area (Å²) < 4.78 is 8.39. The molecule has 3 aromatic carbocycles. The number of nitrogens with zero attached hydrogens (tertiary/aromatic N) is 2. The van der Waals surface area contributed by atoms with Gasteiger partial charge in [-0.15, -0.1) is 0 Å². The van der Waals surface area contributed by atoms with Gasteiger partial charge in [-0.1, -0.05) is 48.0 Å². The van der Waals surface area contributed by atoms with Gasteiger partial charge in [-0.2, -0.15) is 8.75 Å². The Morgan fingerprint density at radius 3 is 2.73 bits per heavy atom. The second-order valence-corrected chi connectivity index (χ2v) is 6.83. The highest BCUT2D eigenvalue weighted by Crippen LogP contribution is 2.29. The number of rotatable bonds is 2. The van der Waals surface area contributed by atoms with Crippen LogP contribution in [-0.4, -0.2) is 19.8 Å². The van der Waals surface area contributed by atoms with Crippen LogP contribution in [0.5, 0.6) is 0 Å². The molecule has 4 rings (SSSR count). The highest BCUT2D eigenvalue weighted by molar-refractivity contribution is 7.80. The Balaban J connectivity index is 1.59. The molecule has 0 bridgehead atoms. The van der Waals surface area contributed by atoms with Crippen molar-refractivity contribution in [2.45, 2.75) is 0 Å². The lowest BCUT2D eigenvalue weighted by molar-refractivity contribution is 0.0979. The fourth-order valence-corrected chi connectivity index (χ4v) is 3.62. The fraction of sp³-hybridized carbons (Fsp3) is 0. The van der Waals surface area contributed by atoms with E-state index >= 15 is 0 Å². The molecule has 0 unspecified atom stereocenters. The molecule has 26 heavy (non-hydrogen) atoms. The third-order valence-corrected chi connectivity index (χ3v) is 4.94. The van der Waals surface area contributed by atoms with E-state index in [9.17, 15) is 4.79 Å². The molecule has 0 aliphatic heterocycles. The molecule has 8 heteroatoms. The number of thiocarbonyl (C=S) groups is 1. The summed E-state index contributed by atoms with van der Waals surface area (Å²) in [4.78, 5) is 12.7. The predicted octanol–water partition coefficient (Wildman–Crippen LogP) is 4.62. The molecule has 4 aromatic rings. The zero-order valence-corrected chi connectivity index (χ0v) is 15.6. The van der Waals surface area contributed by atoms with E-state index < -0.39 is 0 Å². The van der Waals surface area contributed by atoms with Crippen LogP contribution in [0.2, 0.25) is 5.02 Å². The lowest BCUT2D eigenvalue weighted by atomic mass is 10.0. The molecule has 0 aliphatic rings. The van der Waals surface area contributed by atoms with Gasteiger partial charge in [0.1, 0.15) is 11.0 Å². The van der Waals surface area contributed by atoms with Gasteiger partial charge in [0.2, 0.25) is 0 Å². The van der Waals surface area contributed by atoms with Gasteiger partial charge in [0.05, 0.1) is 22.4 Å². The van der Waals surface area contributed by atoms with Gasteiger partial charge < -0.3 is 5.32 Å². The Hall–Kier alpha value is -2.61. The Bertz CT molecular complexity index is 1150. The summed E-state index contributed by atoms with van der Waals surface area (Å²) in [6.45, 7) is 0. The molecule has 2 N–H and O–H groups in total. The number of anilines is 1. The minimum atomic E-state index is -0.293. The van der Waals surface area contributed by atoms with Crippen molar-refractivity contribution >= 4 is 74.1 Å². The first-order chi connectivity index (χ1) is 12.6. The Kier molecular flexibility index (Phi) is 4.50. The van der Waals surface area contributed by atoms with Crippen LogP contribution < -0.4 is 10.6 Å². The number of hydrogen-bond donors (Lipinski definition) is 2. The Morgan fingerprint density at radius 1 is 1.04 bits per heavy atom. The maximum absolute atomic E-state index is 12.7. The molecule has 1 heterocycles. The molecule has 128 valence electrons. The van der Waals surface area contributed by atoms with E-state index in [1.54, 1.807) is 18.2 Å². The second-order valence-electron chi connectivity index (χ2n) is 5.49. The van der Waals surface area contributed by atoms with Crippen molar-refractivity contribution in [2.75, 3.05) is 5.32 Å². The van der Waals surface area contributed by atoms with E-state index in [1.807, 2.05) is 36.4 Å². The van der Waals surface area contributed by atoms with E-state index in [0.717, 1.165) is 22.5 Å². The molecule has 0 spiro atoms. The van der Waals surface area contributed by atoms with Gasteiger partial charge in [-0.3, -0.25) is 10.1 Å². The largest absolute Gasteiger partial charge is 0.329 e. The van der Waals surface area contributed by atoms with Crippen molar-refractivity contribution in [3.05, 3.63) is 65.2 Å². The SMILES string of the molecule is O=C(NC(=S)Nc1c(Cl)ccc2nsnc12)c1cccc2ccccc12. The Morgan fingerprint density at radius 2 is 1.85 bits per heavy atom. The summed E-state index contributed by atoms with van der Waals surface area (Å²) in [6.07, 6.45) is 0. The number of fused-ring (bicyclic) bond motifs is 2. The monoisotopic (exact) mass is 398 g/mol. The smallest absolute Gasteiger partial charge is 0.258 e. The molecule has 0 fully saturated rings. The Labute approximate surface area is 163 Å². The summed E-state index contributed by atoms with van der Waals surface area (Å²) in [6, 6.07) is 16.7. The van der Waals surface area contributed by atoms with Crippen LogP contribution in [0.25, 0.3) is 21.8 Å². The fourth-order valence-electron chi connectivity index (χ4n) is 2.68. The lowest BCUT2D eigenvalue weighted by Crippen LogP contribution is -2.34. The third-order valence-electron chi connectivity index (χ3n) is 3.88. The van der Waals surface area contributed by atoms with Crippen LogP contribution in [-0.2, 0) is 0 Å². The minimum Gasteiger partial charge on any atom is -0.329 e. The normalized spacial score (nSPS) is 10.8. The minimum absolute atomic E-state index is 0.144. The number of aromatic nitrogens is 2. The van der Waals surface area contributed by atoms with Crippen molar-refractivity contribution < 1.29 is 4.79 Å². The summed E-state index contributed by atoms with van der Waals surface area (Å²) in [7, 11) is 0. The van der Waals surface area contributed by atoms with Gasteiger partial charge in [-0.25, -0.2) is 0 Å². The van der Waals surface area contributed by atoms with Crippen molar-refractivity contribution in [1.82, 2.24) is 14.1 Å². The number of carbonyl (C=O) groups excluding carboxylic acids is 1. The molecular weight excluding hydrogens is 388 g/mol. The molecule has 1 aromatic heterocycles. The summed E-state index contributed by atoms with van der Waals surface area (Å²) in [5.74, 6) is -0.293. The number of halogens is 1. The van der Waals surface area contributed by atoms with Crippen molar-refractivity contribution in [1.29, 1.82) is 0 Å². The zero-order valence-electron chi connectivity index (χ0n) is 13.2. The average Bonchev–Trinajstić information content (AvgIpc) is 3.12. The van der Waals surface area contributed by atoms with Crippen LogP contribution in [0, 0.1) is 0 Å². The summed E-state index contributed by atoms with van der Waals surface area (Å²) in [5, 5.41) is 8.10. The van der Waals surface area contributed by atoms with E-state index in [-0.39, 0.29) is 11.0 Å². The number of carbonyl (C=O) groups is 1. The molecule has 5 nitrogen and oxygen atoms in total. The number of nitrogens with one attached hydrogen (secondary N) is 2. The maximum Gasteiger partial charge on any atom is 0.258 e. The number of hydrogen-bond acceptors (Lipinski definition) is 5. The highest BCUT2D eigenvalue weighted by Gasteiger charge is 2.14. The molecule has 1 amide bonds. The molecule has 0 saturated heterocycles.